The van der Waals surface area contributed by atoms with E-state index in [-0.39, 0.29) is 11.4 Å². The van der Waals surface area contributed by atoms with Crippen LogP contribution in [-0.2, 0) is 16.2 Å². The second-order valence-electron chi connectivity index (χ2n) is 8.30. The minimum Gasteiger partial charge on any atom is -0.488 e. The van der Waals surface area contributed by atoms with Gasteiger partial charge in [0, 0.05) is 21.7 Å². The minimum absolute atomic E-state index is 0.227. The van der Waals surface area contributed by atoms with Gasteiger partial charge in [0.1, 0.15) is 18.9 Å². The van der Waals surface area contributed by atoms with Crippen molar-refractivity contribution < 1.29 is 19.1 Å². The molecule has 37 heavy (non-hydrogen) atoms. The van der Waals surface area contributed by atoms with E-state index < -0.39 is 17.1 Å². The molecule has 0 aliphatic carbocycles. The molecular weight excluding hydrogens is 508 g/mol. The van der Waals surface area contributed by atoms with Crippen molar-refractivity contribution in [1.29, 1.82) is 0 Å². The van der Waals surface area contributed by atoms with Crippen molar-refractivity contribution in [1.82, 2.24) is 4.90 Å². The third kappa shape index (κ3) is 5.69. The van der Waals surface area contributed by atoms with Gasteiger partial charge in [-0.05, 0) is 53.1 Å². The Hall–Kier alpha value is -4.07. The molecule has 3 amide bonds. The number of hydrogen-bond donors (Lipinski definition) is 1. The zero-order chi connectivity index (χ0) is 25.8. The number of anilines is 1. The summed E-state index contributed by atoms with van der Waals surface area (Å²) >= 11 is 6.74. The molecule has 0 atom stereocenters. The molecule has 0 unspecified atom stereocenters. The molecule has 1 aliphatic heterocycles. The number of ether oxygens (including phenoxy) is 1. The highest BCUT2D eigenvalue weighted by molar-refractivity contribution is 8.18. The van der Waals surface area contributed by atoms with Crippen molar-refractivity contribution in [2.45, 2.75) is 6.61 Å². The van der Waals surface area contributed by atoms with Crippen molar-refractivity contribution >= 4 is 63.0 Å². The molecular formula is C29H21ClN2O4S. The van der Waals surface area contributed by atoms with Gasteiger partial charge in [0.2, 0.25) is 5.91 Å². The summed E-state index contributed by atoms with van der Waals surface area (Å²) in [6.45, 7) is -0.0578. The van der Waals surface area contributed by atoms with E-state index in [9.17, 15) is 14.4 Å². The molecule has 6 nitrogen and oxygen atoms in total. The Balaban J connectivity index is 1.28. The summed E-state index contributed by atoms with van der Waals surface area (Å²) in [6.07, 6.45) is 1.62. The van der Waals surface area contributed by atoms with Gasteiger partial charge in [-0.25, -0.2) is 0 Å². The number of rotatable bonds is 7. The Labute approximate surface area is 222 Å². The zero-order valence-corrected chi connectivity index (χ0v) is 21.1. The monoisotopic (exact) mass is 528 g/mol. The van der Waals surface area contributed by atoms with Crippen LogP contribution in [0, 0.1) is 0 Å². The van der Waals surface area contributed by atoms with E-state index in [1.54, 1.807) is 36.4 Å². The van der Waals surface area contributed by atoms with Crippen LogP contribution in [0.5, 0.6) is 5.75 Å². The predicted octanol–water partition coefficient (Wildman–Crippen LogP) is 6.75. The highest BCUT2D eigenvalue weighted by Crippen LogP contribution is 2.34. The van der Waals surface area contributed by atoms with Gasteiger partial charge in [-0.3, -0.25) is 19.3 Å². The van der Waals surface area contributed by atoms with Crippen LogP contribution in [0.25, 0.3) is 16.8 Å². The van der Waals surface area contributed by atoms with Gasteiger partial charge in [0.05, 0.1) is 4.91 Å². The van der Waals surface area contributed by atoms with Gasteiger partial charge in [-0.1, -0.05) is 78.3 Å². The van der Waals surface area contributed by atoms with Crippen molar-refractivity contribution in [2.75, 3.05) is 11.9 Å². The molecule has 1 heterocycles. The van der Waals surface area contributed by atoms with Crippen LogP contribution in [0.4, 0.5) is 10.5 Å². The molecule has 0 radical (unpaired) electrons. The lowest BCUT2D eigenvalue weighted by molar-refractivity contribution is -0.127. The second kappa shape index (κ2) is 10.9. The number of halogens is 1. The average molecular weight is 529 g/mol. The largest absolute Gasteiger partial charge is 0.488 e. The van der Waals surface area contributed by atoms with Crippen LogP contribution in [0.2, 0.25) is 5.02 Å². The molecule has 4 aromatic carbocycles. The SMILES string of the molecule is O=C(CN1C(=O)S/C(=C/c2ccccc2OCc2ccc(Cl)cc2)C1=O)Nc1cccc2ccccc12. The molecule has 1 N–H and O–H groups in total. The number of thioether (sulfide) groups is 1. The Kier molecular flexibility index (Phi) is 7.25. The molecule has 1 fully saturated rings. The summed E-state index contributed by atoms with van der Waals surface area (Å²) < 4.78 is 5.96. The maximum Gasteiger partial charge on any atom is 0.294 e. The third-order valence-corrected chi connectivity index (χ3v) is 6.91. The van der Waals surface area contributed by atoms with Gasteiger partial charge in [-0.15, -0.1) is 0 Å². The standard InChI is InChI=1S/C29H21ClN2O4S/c30-22-14-12-19(13-15-22)18-36-25-11-4-2-7-21(25)16-26-28(34)32(29(35)37-26)17-27(33)31-24-10-5-8-20-6-1-3-9-23(20)24/h1-16H,17-18H2,(H,31,33)/b26-16+. The topological polar surface area (TPSA) is 75.7 Å². The lowest BCUT2D eigenvalue weighted by Crippen LogP contribution is -2.36. The number of para-hydroxylation sites is 1. The first-order chi connectivity index (χ1) is 18.0. The smallest absolute Gasteiger partial charge is 0.294 e. The molecule has 0 saturated carbocycles. The maximum absolute atomic E-state index is 13.0. The Morgan fingerprint density at radius 3 is 2.49 bits per heavy atom. The molecule has 0 aromatic heterocycles. The molecule has 1 saturated heterocycles. The number of hydrogen-bond acceptors (Lipinski definition) is 5. The molecule has 8 heteroatoms. The van der Waals surface area contributed by atoms with Crippen LogP contribution < -0.4 is 10.1 Å². The van der Waals surface area contributed by atoms with Gasteiger partial charge in [0.25, 0.3) is 11.1 Å². The van der Waals surface area contributed by atoms with Gasteiger partial charge < -0.3 is 10.1 Å². The number of carbonyl (C=O) groups excluding carboxylic acids is 3. The lowest BCUT2D eigenvalue weighted by Gasteiger charge is -2.13. The Morgan fingerprint density at radius 1 is 0.919 bits per heavy atom. The second-order valence-corrected chi connectivity index (χ2v) is 9.73. The Bertz CT molecular complexity index is 1530. The molecule has 184 valence electrons. The molecule has 0 spiro atoms. The van der Waals surface area contributed by atoms with Crippen molar-refractivity contribution in [3.63, 3.8) is 0 Å². The van der Waals surface area contributed by atoms with Gasteiger partial charge in [-0.2, -0.15) is 0 Å². The van der Waals surface area contributed by atoms with E-state index in [0.29, 0.717) is 28.6 Å². The summed E-state index contributed by atoms with van der Waals surface area (Å²) in [7, 11) is 0. The summed E-state index contributed by atoms with van der Waals surface area (Å²) in [5, 5.41) is 4.82. The third-order valence-electron chi connectivity index (χ3n) is 5.75. The number of carbonyl (C=O) groups is 3. The van der Waals surface area contributed by atoms with Crippen LogP contribution in [-0.4, -0.2) is 28.5 Å². The van der Waals surface area contributed by atoms with Crippen molar-refractivity contribution in [2.24, 2.45) is 0 Å². The molecule has 4 aromatic rings. The van der Waals surface area contributed by atoms with E-state index in [1.165, 1.54) is 0 Å². The van der Waals surface area contributed by atoms with Crippen LogP contribution in [0.3, 0.4) is 0 Å². The molecule has 5 rings (SSSR count). The normalized spacial score (nSPS) is 14.4. The zero-order valence-electron chi connectivity index (χ0n) is 19.5. The first-order valence-electron chi connectivity index (χ1n) is 11.5. The van der Waals surface area contributed by atoms with Crippen molar-refractivity contribution in [3.8, 4) is 5.75 Å². The van der Waals surface area contributed by atoms with E-state index in [4.69, 9.17) is 16.3 Å². The summed E-state index contributed by atoms with van der Waals surface area (Å²) in [4.78, 5) is 39.6. The van der Waals surface area contributed by atoms with Crippen LogP contribution in [0.15, 0.2) is 95.9 Å². The van der Waals surface area contributed by atoms with Crippen LogP contribution in [0.1, 0.15) is 11.1 Å². The van der Waals surface area contributed by atoms with Crippen molar-refractivity contribution in [3.05, 3.63) is 112 Å². The highest BCUT2D eigenvalue weighted by Gasteiger charge is 2.36. The van der Waals surface area contributed by atoms with Gasteiger partial charge in [0.15, 0.2) is 0 Å². The minimum atomic E-state index is -0.518. The quantitative estimate of drug-likeness (QED) is 0.269. The van der Waals surface area contributed by atoms with E-state index in [1.807, 2.05) is 60.7 Å². The lowest BCUT2D eigenvalue weighted by atomic mass is 10.1. The molecule has 1 aliphatic rings. The van der Waals surface area contributed by atoms with E-state index in [0.717, 1.165) is 33.0 Å². The number of fused-ring (bicyclic) bond motifs is 1. The first kappa shape index (κ1) is 24.6. The fourth-order valence-electron chi connectivity index (χ4n) is 3.92. The fourth-order valence-corrected chi connectivity index (χ4v) is 4.87. The van der Waals surface area contributed by atoms with Gasteiger partial charge >= 0.3 is 0 Å². The summed E-state index contributed by atoms with van der Waals surface area (Å²) in [6, 6.07) is 27.8. The average Bonchev–Trinajstić information content (AvgIpc) is 3.16. The maximum atomic E-state index is 13.0. The number of amides is 3. The van der Waals surface area contributed by atoms with E-state index in [2.05, 4.69) is 5.32 Å². The van der Waals surface area contributed by atoms with Crippen LogP contribution >= 0.6 is 23.4 Å². The number of nitrogens with one attached hydrogen (secondary N) is 1. The number of imide groups is 1. The predicted molar refractivity (Wildman–Crippen MR) is 147 cm³/mol. The first-order valence-corrected chi connectivity index (χ1v) is 12.7. The summed E-state index contributed by atoms with van der Waals surface area (Å²) in [5.41, 5.74) is 2.22. The number of benzene rings is 4. The highest BCUT2D eigenvalue weighted by atomic mass is 35.5. The van der Waals surface area contributed by atoms with E-state index >= 15 is 0 Å². The number of nitrogens with zero attached hydrogens (tertiary/aromatic N) is 1. The fraction of sp³-hybridized carbons (Fsp3) is 0.0690. The Morgan fingerprint density at radius 2 is 1.65 bits per heavy atom. The molecule has 0 bridgehead atoms. The summed E-state index contributed by atoms with van der Waals surface area (Å²) in [5.74, 6) is -0.403.